The van der Waals surface area contributed by atoms with Crippen LogP contribution in [0.1, 0.15) is 10.4 Å². The molecule has 24 heavy (non-hydrogen) atoms. The van der Waals surface area contributed by atoms with Crippen LogP contribution in [-0.4, -0.2) is 31.7 Å². The van der Waals surface area contributed by atoms with Gasteiger partial charge in [0.1, 0.15) is 24.7 Å². The summed E-state index contributed by atoms with van der Waals surface area (Å²) in [5.74, 6) is -0.0882. The number of carbonyl (C=O) groups is 2. The molecule has 2 rings (SSSR count). The third-order valence-corrected chi connectivity index (χ3v) is 3.19. The van der Waals surface area contributed by atoms with E-state index in [-0.39, 0.29) is 19.8 Å². The van der Waals surface area contributed by atoms with Gasteiger partial charge in [-0.25, -0.2) is 4.79 Å². The van der Waals surface area contributed by atoms with Crippen molar-refractivity contribution in [3.05, 3.63) is 59.1 Å². The first-order valence-corrected chi connectivity index (χ1v) is 7.49. The normalized spacial score (nSPS) is 10.0. The number of amides is 1. The van der Waals surface area contributed by atoms with E-state index in [0.717, 1.165) is 0 Å². The summed E-state index contributed by atoms with van der Waals surface area (Å²) in [5, 5.41) is 0.496. The minimum absolute atomic E-state index is 0.0873. The highest BCUT2D eigenvalue weighted by molar-refractivity contribution is 6.32. The Kier molecular flexibility index (Phi) is 6.45. The van der Waals surface area contributed by atoms with E-state index in [1.54, 1.807) is 36.4 Å². The third-order valence-electron chi connectivity index (χ3n) is 2.88. The molecule has 0 aliphatic rings. The second-order valence-corrected chi connectivity index (χ2v) is 5.10. The zero-order valence-electron chi connectivity index (χ0n) is 12.7. The lowest BCUT2D eigenvalue weighted by Gasteiger charge is -2.09. The van der Waals surface area contributed by atoms with Gasteiger partial charge in [0.15, 0.2) is 6.61 Å². The molecule has 0 aromatic heterocycles. The van der Waals surface area contributed by atoms with E-state index in [9.17, 15) is 9.59 Å². The van der Waals surface area contributed by atoms with Crippen LogP contribution >= 0.6 is 11.6 Å². The van der Waals surface area contributed by atoms with Crippen molar-refractivity contribution >= 4 is 23.5 Å². The summed E-state index contributed by atoms with van der Waals surface area (Å²) in [6.07, 6.45) is 0. The van der Waals surface area contributed by atoms with Gasteiger partial charge >= 0.3 is 5.97 Å². The first-order valence-electron chi connectivity index (χ1n) is 7.12. The van der Waals surface area contributed by atoms with Crippen molar-refractivity contribution in [1.82, 2.24) is 0 Å². The fraction of sp³-hybridized carbons (Fsp3) is 0.176. The number of primary amides is 1. The van der Waals surface area contributed by atoms with Crippen molar-refractivity contribution in [1.29, 1.82) is 0 Å². The maximum Gasteiger partial charge on any atom is 0.338 e. The number of nitrogens with two attached hydrogens (primary N) is 1. The molecule has 2 aromatic carbocycles. The molecule has 0 unspecified atom stereocenters. The van der Waals surface area contributed by atoms with Gasteiger partial charge in [-0.3, -0.25) is 4.79 Å². The van der Waals surface area contributed by atoms with Crippen LogP contribution in [0.5, 0.6) is 11.5 Å². The zero-order chi connectivity index (χ0) is 17.4. The van der Waals surface area contributed by atoms with E-state index < -0.39 is 11.9 Å². The number of esters is 1. The van der Waals surface area contributed by atoms with Gasteiger partial charge in [0, 0.05) is 0 Å². The summed E-state index contributed by atoms with van der Waals surface area (Å²) in [7, 11) is 0. The molecular weight excluding hydrogens is 334 g/mol. The minimum Gasteiger partial charge on any atom is -0.488 e. The van der Waals surface area contributed by atoms with Gasteiger partial charge in [-0.15, -0.1) is 0 Å². The topological polar surface area (TPSA) is 87.9 Å². The average Bonchev–Trinajstić information content (AvgIpc) is 2.58. The van der Waals surface area contributed by atoms with E-state index in [1.165, 1.54) is 12.1 Å². The monoisotopic (exact) mass is 349 g/mol. The summed E-state index contributed by atoms with van der Waals surface area (Å²) in [5.41, 5.74) is 5.34. The van der Waals surface area contributed by atoms with Crippen LogP contribution < -0.4 is 15.2 Å². The van der Waals surface area contributed by atoms with Crippen molar-refractivity contribution in [3.63, 3.8) is 0 Å². The Morgan fingerprint density at radius 2 is 1.67 bits per heavy atom. The van der Waals surface area contributed by atoms with Gasteiger partial charge in [0.05, 0.1) is 10.6 Å². The molecule has 6 nitrogen and oxygen atoms in total. The lowest BCUT2D eigenvalue weighted by molar-refractivity contribution is -0.119. The zero-order valence-corrected chi connectivity index (χ0v) is 13.5. The number of ether oxygens (including phenoxy) is 3. The Morgan fingerprint density at radius 1 is 0.958 bits per heavy atom. The van der Waals surface area contributed by atoms with Crippen LogP contribution in [-0.2, 0) is 9.53 Å². The lowest BCUT2D eigenvalue weighted by Crippen LogP contribution is -2.20. The molecule has 1 amide bonds. The molecule has 0 atom stereocenters. The first-order chi connectivity index (χ1) is 11.6. The summed E-state index contributed by atoms with van der Waals surface area (Å²) < 4.78 is 15.6. The maximum atomic E-state index is 11.9. The molecule has 2 N–H and O–H groups in total. The summed E-state index contributed by atoms with van der Waals surface area (Å²) in [6.45, 7) is 0.0580. The molecule has 0 bridgehead atoms. The lowest BCUT2D eigenvalue weighted by atomic mass is 10.2. The van der Waals surface area contributed by atoms with Crippen LogP contribution in [0.4, 0.5) is 0 Å². The van der Waals surface area contributed by atoms with Crippen LogP contribution in [0.3, 0.4) is 0 Å². The SMILES string of the molecule is NC(=O)COc1ccc(C(=O)OCCOc2ccccc2Cl)cc1. The summed E-state index contributed by atoms with van der Waals surface area (Å²) >= 11 is 5.95. The fourth-order valence-corrected chi connectivity index (χ4v) is 1.96. The second kappa shape index (κ2) is 8.79. The number of benzene rings is 2. The van der Waals surface area contributed by atoms with Crippen molar-refractivity contribution in [3.8, 4) is 11.5 Å². The average molecular weight is 350 g/mol. The van der Waals surface area contributed by atoms with Crippen molar-refractivity contribution in [2.75, 3.05) is 19.8 Å². The van der Waals surface area contributed by atoms with Crippen molar-refractivity contribution in [2.45, 2.75) is 0 Å². The quantitative estimate of drug-likeness (QED) is 0.584. The minimum atomic E-state index is -0.572. The van der Waals surface area contributed by atoms with Gasteiger partial charge in [-0.1, -0.05) is 23.7 Å². The molecule has 0 saturated heterocycles. The van der Waals surface area contributed by atoms with Gasteiger partial charge in [0.2, 0.25) is 0 Å². The highest BCUT2D eigenvalue weighted by Gasteiger charge is 2.08. The Labute approximate surface area is 144 Å². The maximum absolute atomic E-state index is 11.9. The molecule has 0 fully saturated rings. The van der Waals surface area contributed by atoms with E-state index in [1.807, 2.05) is 0 Å². The molecular formula is C17H16ClNO5. The van der Waals surface area contributed by atoms with Crippen LogP contribution in [0.25, 0.3) is 0 Å². The number of carbonyl (C=O) groups excluding carboxylic acids is 2. The molecule has 0 heterocycles. The Bertz CT molecular complexity index is 702. The highest BCUT2D eigenvalue weighted by Crippen LogP contribution is 2.22. The van der Waals surface area contributed by atoms with Gasteiger partial charge < -0.3 is 19.9 Å². The molecule has 0 saturated carbocycles. The second-order valence-electron chi connectivity index (χ2n) is 4.69. The van der Waals surface area contributed by atoms with Crippen LogP contribution in [0.2, 0.25) is 5.02 Å². The molecule has 0 spiro atoms. The predicted molar refractivity (Wildman–Crippen MR) is 88.4 cm³/mol. The number of hydrogen-bond donors (Lipinski definition) is 1. The van der Waals surface area contributed by atoms with E-state index >= 15 is 0 Å². The molecule has 0 radical (unpaired) electrons. The Balaban J connectivity index is 1.76. The Hall–Kier alpha value is -2.73. The van der Waals surface area contributed by atoms with Crippen LogP contribution in [0.15, 0.2) is 48.5 Å². The van der Waals surface area contributed by atoms with Gasteiger partial charge in [0.25, 0.3) is 5.91 Å². The van der Waals surface area contributed by atoms with E-state index in [4.69, 9.17) is 31.5 Å². The molecule has 0 aliphatic heterocycles. The smallest absolute Gasteiger partial charge is 0.338 e. The largest absolute Gasteiger partial charge is 0.488 e. The van der Waals surface area contributed by atoms with Gasteiger partial charge in [-0.2, -0.15) is 0 Å². The highest BCUT2D eigenvalue weighted by atomic mass is 35.5. The van der Waals surface area contributed by atoms with Crippen LogP contribution in [0, 0.1) is 0 Å². The van der Waals surface area contributed by atoms with Crippen molar-refractivity contribution < 1.29 is 23.8 Å². The van der Waals surface area contributed by atoms with Crippen molar-refractivity contribution in [2.24, 2.45) is 5.73 Å². The summed E-state index contributed by atoms with van der Waals surface area (Å²) in [4.78, 5) is 22.5. The van der Waals surface area contributed by atoms with E-state index in [2.05, 4.69) is 0 Å². The van der Waals surface area contributed by atoms with E-state index in [0.29, 0.717) is 22.1 Å². The first kappa shape index (κ1) is 17.6. The molecule has 126 valence electrons. The fourth-order valence-electron chi connectivity index (χ4n) is 1.77. The number of rotatable bonds is 8. The molecule has 0 aliphatic carbocycles. The third kappa shape index (κ3) is 5.48. The number of para-hydroxylation sites is 1. The van der Waals surface area contributed by atoms with Gasteiger partial charge in [-0.05, 0) is 36.4 Å². The summed E-state index contributed by atoms with van der Waals surface area (Å²) in [6, 6.07) is 13.2. The number of halogens is 1. The standard InChI is InChI=1S/C17H16ClNO5/c18-14-3-1-2-4-15(14)22-9-10-23-17(21)12-5-7-13(8-6-12)24-11-16(19)20/h1-8H,9-11H2,(H2,19,20). The Morgan fingerprint density at radius 3 is 2.33 bits per heavy atom. The predicted octanol–water partition coefficient (Wildman–Crippen LogP) is 2.44. The molecule has 7 heteroatoms. The molecule has 2 aromatic rings. The number of hydrogen-bond acceptors (Lipinski definition) is 5.